The Bertz CT molecular complexity index is 1440. The minimum absolute atomic E-state index is 0.0474. The number of nitrogens with two attached hydrogens (primary N) is 1. The number of fused-ring (bicyclic) bond motifs is 1. The molecule has 8 heteroatoms. The number of anilines is 1. The maximum Gasteiger partial charge on any atom is 0.174 e. The fourth-order valence-corrected chi connectivity index (χ4v) is 4.65. The molecule has 0 aliphatic carbocycles. The van der Waals surface area contributed by atoms with Gasteiger partial charge in [-0.25, -0.2) is 15.0 Å². The van der Waals surface area contributed by atoms with Gasteiger partial charge in [-0.05, 0) is 43.7 Å². The second-order valence-corrected chi connectivity index (χ2v) is 8.86. The van der Waals surface area contributed by atoms with Crippen LogP contribution in [0.3, 0.4) is 0 Å². The molecule has 0 saturated heterocycles. The van der Waals surface area contributed by atoms with Crippen molar-refractivity contribution in [3.63, 3.8) is 0 Å². The van der Waals surface area contributed by atoms with Gasteiger partial charge in [0.1, 0.15) is 24.0 Å². The van der Waals surface area contributed by atoms with Crippen molar-refractivity contribution < 1.29 is 9.26 Å². The third-order valence-electron chi connectivity index (χ3n) is 5.54. The van der Waals surface area contributed by atoms with Gasteiger partial charge in [0, 0.05) is 23.1 Å². The molecule has 33 heavy (non-hydrogen) atoms. The molecule has 5 aromatic rings. The van der Waals surface area contributed by atoms with Crippen LogP contribution in [0.25, 0.3) is 21.5 Å². The van der Waals surface area contributed by atoms with Gasteiger partial charge in [-0.1, -0.05) is 30.3 Å². The van der Waals surface area contributed by atoms with Crippen LogP contribution < -0.4 is 10.5 Å². The summed E-state index contributed by atoms with van der Waals surface area (Å²) in [6, 6.07) is 16.0. The van der Waals surface area contributed by atoms with Gasteiger partial charge in [-0.15, -0.1) is 11.3 Å². The van der Waals surface area contributed by atoms with Crippen LogP contribution in [0.2, 0.25) is 0 Å². The zero-order chi connectivity index (χ0) is 22.9. The van der Waals surface area contributed by atoms with E-state index in [0.29, 0.717) is 24.0 Å². The smallest absolute Gasteiger partial charge is 0.174 e. The van der Waals surface area contributed by atoms with Crippen molar-refractivity contribution in [1.29, 1.82) is 0 Å². The summed E-state index contributed by atoms with van der Waals surface area (Å²) in [7, 11) is 0. The predicted molar refractivity (Wildman–Crippen MR) is 129 cm³/mol. The zero-order valence-electron chi connectivity index (χ0n) is 18.6. The van der Waals surface area contributed by atoms with E-state index in [4.69, 9.17) is 20.0 Å². The molecule has 5 rings (SSSR count). The van der Waals surface area contributed by atoms with E-state index in [2.05, 4.69) is 34.2 Å². The van der Waals surface area contributed by atoms with E-state index < -0.39 is 0 Å². The number of hydrogen-bond donors (Lipinski definition) is 1. The van der Waals surface area contributed by atoms with Crippen LogP contribution in [-0.4, -0.2) is 20.1 Å². The van der Waals surface area contributed by atoms with Crippen molar-refractivity contribution in [2.45, 2.75) is 33.3 Å². The first-order valence-electron chi connectivity index (χ1n) is 10.6. The van der Waals surface area contributed by atoms with Crippen molar-refractivity contribution in [1.82, 2.24) is 20.1 Å². The maximum atomic E-state index is 6.45. The van der Waals surface area contributed by atoms with Crippen molar-refractivity contribution in [3.8, 4) is 17.0 Å². The highest BCUT2D eigenvalue weighted by molar-refractivity contribution is 7.16. The number of nitrogens with zero attached hydrogens (tertiary/aromatic N) is 4. The number of hydrogen-bond acceptors (Lipinski definition) is 8. The van der Waals surface area contributed by atoms with E-state index in [1.807, 2.05) is 55.8 Å². The number of ether oxygens (including phenoxy) is 1. The molecule has 3 aromatic heterocycles. The molecule has 0 aliphatic rings. The topological polar surface area (TPSA) is 100.0 Å². The molecule has 0 spiro atoms. The highest BCUT2D eigenvalue weighted by Gasteiger charge is 2.21. The zero-order valence-corrected chi connectivity index (χ0v) is 19.4. The van der Waals surface area contributed by atoms with E-state index in [1.165, 1.54) is 0 Å². The van der Waals surface area contributed by atoms with Crippen molar-refractivity contribution in [2.24, 2.45) is 0 Å². The molecule has 166 valence electrons. The van der Waals surface area contributed by atoms with Gasteiger partial charge >= 0.3 is 0 Å². The SMILES string of the molecule is Cc1cc(COc2cccc(C(C)c3c(N)nc(C)nc3-c3ccc4ncsc4c3)c2)on1. The molecule has 0 fully saturated rings. The highest BCUT2D eigenvalue weighted by atomic mass is 32.1. The third-order valence-corrected chi connectivity index (χ3v) is 6.33. The van der Waals surface area contributed by atoms with E-state index in [9.17, 15) is 0 Å². The van der Waals surface area contributed by atoms with Crippen LogP contribution in [0.1, 0.15) is 41.2 Å². The second kappa shape index (κ2) is 8.63. The molecule has 0 bridgehead atoms. The Labute approximate surface area is 195 Å². The van der Waals surface area contributed by atoms with Crippen LogP contribution >= 0.6 is 11.3 Å². The summed E-state index contributed by atoms with van der Waals surface area (Å²) in [4.78, 5) is 13.6. The Morgan fingerprint density at radius 1 is 1.09 bits per heavy atom. The predicted octanol–water partition coefficient (Wildman–Crippen LogP) is 5.67. The van der Waals surface area contributed by atoms with Gasteiger partial charge in [-0.2, -0.15) is 0 Å². The minimum Gasteiger partial charge on any atom is -0.486 e. The summed E-state index contributed by atoms with van der Waals surface area (Å²) in [5.41, 5.74) is 13.9. The summed E-state index contributed by atoms with van der Waals surface area (Å²) in [5.74, 6) is 2.50. The average Bonchev–Trinajstić information content (AvgIpc) is 3.45. The number of aromatic nitrogens is 4. The molecule has 0 amide bonds. The summed E-state index contributed by atoms with van der Waals surface area (Å²) in [6.07, 6.45) is 0. The second-order valence-electron chi connectivity index (χ2n) is 7.97. The van der Waals surface area contributed by atoms with Gasteiger partial charge in [0.25, 0.3) is 0 Å². The van der Waals surface area contributed by atoms with Crippen molar-refractivity contribution in [2.75, 3.05) is 5.73 Å². The average molecular weight is 458 g/mol. The van der Waals surface area contributed by atoms with E-state index >= 15 is 0 Å². The standard InChI is InChI=1S/C25H23N5O2S/c1-14-9-20(32-30-14)12-31-19-6-4-5-17(10-19)15(2)23-24(28-16(3)29-25(23)26)18-7-8-21-22(11-18)33-13-27-21/h4-11,13,15H,12H2,1-3H3,(H2,26,28,29). The van der Waals surface area contributed by atoms with Crippen LogP contribution in [0.5, 0.6) is 5.75 Å². The van der Waals surface area contributed by atoms with Crippen LogP contribution in [0, 0.1) is 13.8 Å². The Morgan fingerprint density at radius 2 is 1.97 bits per heavy atom. The largest absolute Gasteiger partial charge is 0.486 e. The number of aryl methyl sites for hydroxylation is 2. The monoisotopic (exact) mass is 457 g/mol. The number of rotatable bonds is 6. The fraction of sp³-hybridized carbons (Fsp3) is 0.200. The van der Waals surface area contributed by atoms with E-state index in [0.717, 1.165) is 44.0 Å². The Hall–Kier alpha value is -3.78. The first-order chi connectivity index (χ1) is 16.0. The van der Waals surface area contributed by atoms with Crippen LogP contribution in [-0.2, 0) is 6.61 Å². The van der Waals surface area contributed by atoms with Gasteiger partial charge in [0.05, 0.1) is 27.1 Å². The summed E-state index contributed by atoms with van der Waals surface area (Å²) >= 11 is 1.61. The number of thiazole rings is 1. The lowest BCUT2D eigenvalue weighted by Gasteiger charge is -2.19. The minimum atomic E-state index is -0.0474. The first-order valence-corrected chi connectivity index (χ1v) is 11.5. The number of benzene rings is 2. The molecule has 2 aromatic carbocycles. The molecule has 7 nitrogen and oxygen atoms in total. The Kier molecular flexibility index (Phi) is 5.51. The summed E-state index contributed by atoms with van der Waals surface area (Å²) < 4.78 is 12.3. The van der Waals surface area contributed by atoms with E-state index in [1.54, 1.807) is 11.3 Å². The fourth-order valence-electron chi connectivity index (χ4n) is 3.93. The molecule has 0 saturated carbocycles. The van der Waals surface area contributed by atoms with Gasteiger partial charge in [-0.3, -0.25) is 0 Å². The van der Waals surface area contributed by atoms with Gasteiger partial charge < -0.3 is 15.0 Å². The first kappa shape index (κ1) is 21.1. The van der Waals surface area contributed by atoms with Gasteiger partial charge in [0.2, 0.25) is 0 Å². The summed E-state index contributed by atoms with van der Waals surface area (Å²) in [6.45, 7) is 6.17. The molecule has 1 unspecified atom stereocenters. The lowest BCUT2D eigenvalue weighted by Crippen LogP contribution is -2.09. The molecule has 1 atom stereocenters. The van der Waals surface area contributed by atoms with E-state index in [-0.39, 0.29) is 5.92 Å². The van der Waals surface area contributed by atoms with Crippen molar-refractivity contribution >= 4 is 27.4 Å². The van der Waals surface area contributed by atoms with Gasteiger partial charge in [0.15, 0.2) is 5.76 Å². The van der Waals surface area contributed by atoms with Crippen LogP contribution in [0.4, 0.5) is 5.82 Å². The van der Waals surface area contributed by atoms with Crippen LogP contribution in [0.15, 0.2) is 58.6 Å². The maximum absolute atomic E-state index is 6.45. The molecule has 0 radical (unpaired) electrons. The normalized spacial score (nSPS) is 12.2. The molecular formula is C25H23N5O2S. The molecule has 0 aliphatic heterocycles. The quantitative estimate of drug-likeness (QED) is 0.350. The highest BCUT2D eigenvalue weighted by Crippen LogP contribution is 2.37. The Balaban J connectivity index is 1.50. The summed E-state index contributed by atoms with van der Waals surface area (Å²) in [5, 5.41) is 3.90. The molecular weight excluding hydrogens is 434 g/mol. The van der Waals surface area contributed by atoms with Crippen molar-refractivity contribution in [3.05, 3.63) is 82.4 Å². The third kappa shape index (κ3) is 4.29. The molecule has 3 heterocycles. The lowest BCUT2D eigenvalue weighted by atomic mass is 9.90. The lowest BCUT2D eigenvalue weighted by molar-refractivity contribution is 0.248. The Morgan fingerprint density at radius 3 is 2.79 bits per heavy atom. The number of nitrogen functional groups attached to an aromatic ring is 1. The molecule has 2 N–H and O–H groups in total.